The Morgan fingerprint density at radius 2 is 1.92 bits per heavy atom. The normalized spacial score (nSPS) is 12.8. The summed E-state index contributed by atoms with van der Waals surface area (Å²) in [5.74, 6) is 0.897. The van der Waals surface area contributed by atoms with E-state index in [4.69, 9.17) is 4.42 Å². The fourth-order valence-electron chi connectivity index (χ4n) is 3.00. The summed E-state index contributed by atoms with van der Waals surface area (Å²) < 4.78 is 5.67. The molecule has 0 bridgehead atoms. The summed E-state index contributed by atoms with van der Waals surface area (Å²) in [6.07, 6.45) is 6.97. The second-order valence-electron chi connectivity index (χ2n) is 6.05. The number of hydrogen-bond donors (Lipinski definition) is 1. The minimum atomic E-state index is -0.214. The van der Waals surface area contributed by atoms with Crippen molar-refractivity contribution < 1.29 is 9.21 Å². The van der Waals surface area contributed by atoms with Gasteiger partial charge in [0.15, 0.2) is 10.9 Å². The Balaban J connectivity index is 1.38. The summed E-state index contributed by atoms with van der Waals surface area (Å²) >= 11 is 1.56. The highest BCUT2D eigenvalue weighted by Crippen LogP contribution is 2.27. The zero-order valence-corrected chi connectivity index (χ0v) is 14.5. The van der Waals surface area contributed by atoms with Gasteiger partial charge >= 0.3 is 0 Å². The molecule has 1 aliphatic carbocycles. The fraction of sp³-hybridized carbons (Fsp3) is 0.200. The zero-order valence-electron chi connectivity index (χ0n) is 13.7. The fourth-order valence-corrected chi connectivity index (χ4v) is 3.81. The third-order valence-electron chi connectivity index (χ3n) is 4.29. The van der Waals surface area contributed by atoms with Gasteiger partial charge in [-0.1, -0.05) is 17.8 Å². The number of aryl methyl sites for hydroxylation is 2. The number of thioether (sulfide) groups is 1. The summed E-state index contributed by atoms with van der Waals surface area (Å²) in [6, 6.07) is 13.6. The number of rotatable bonds is 5. The second kappa shape index (κ2) is 7.15. The Hall–Kier alpha value is -2.53. The lowest BCUT2D eigenvalue weighted by atomic mass is 10.1. The molecular weight excluding hydrogens is 332 g/mol. The number of pyridine rings is 1. The molecule has 4 nitrogen and oxygen atoms in total. The molecule has 0 atom stereocenters. The molecular formula is C20H18N2O2S. The van der Waals surface area contributed by atoms with Crippen LogP contribution < -0.4 is 5.32 Å². The number of carbonyl (C=O) groups excluding carboxylic acids is 1. The third kappa shape index (κ3) is 3.77. The highest BCUT2D eigenvalue weighted by Gasteiger charge is 2.15. The molecule has 0 unspecified atom stereocenters. The maximum atomic E-state index is 12.4. The van der Waals surface area contributed by atoms with E-state index in [9.17, 15) is 4.79 Å². The van der Waals surface area contributed by atoms with Crippen LogP contribution in [0.1, 0.15) is 33.7 Å². The molecule has 1 amide bonds. The van der Waals surface area contributed by atoms with Gasteiger partial charge in [0.25, 0.3) is 5.91 Å². The molecule has 1 aliphatic rings. The first-order chi connectivity index (χ1) is 12.3. The zero-order chi connectivity index (χ0) is 17.1. The first-order valence-corrected chi connectivity index (χ1v) is 9.31. The Morgan fingerprint density at radius 3 is 2.80 bits per heavy atom. The van der Waals surface area contributed by atoms with Gasteiger partial charge in [-0.25, -0.2) is 0 Å². The average molecular weight is 350 g/mol. The lowest BCUT2D eigenvalue weighted by molar-refractivity contribution is 0.0992. The van der Waals surface area contributed by atoms with Gasteiger partial charge in [-0.2, -0.15) is 0 Å². The summed E-state index contributed by atoms with van der Waals surface area (Å²) in [5.41, 5.74) is 4.73. The number of nitrogens with zero attached hydrogens (tertiary/aromatic N) is 1. The molecule has 1 aromatic carbocycles. The number of benzene rings is 1. The molecule has 0 saturated carbocycles. The SMILES string of the molecule is O=C(Nc1ccc2c(c1)CCC2)c1ccc(SCc2ccncc2)o1. The molecule has 1 N–H and O–H groups in total. The van der Waals surface area contributed by atoms with Crippen LogP contribution in [-0.2, 0) is 18.6 Å². The monoisotopic (exact) mass is 350 g/mol. The number of hydrogen-bond acceptors (Lipinski definition) is 4. The molecule has 0 spiro atoms. The van der Waals surface area contributed by atoms with Crippen molar-refractivity contribution in [1.82, 2.24) is 4.98 Å². The topological polar surface area (TPSA) is 55.1 Å². The molecule has 3 aromatic rings. The number of nitrogens with one attached hydrogen (secondary N) is 1. The van der Waals surface area contributed by atoms with Gasteiger partial charge in [0.2, 0.25) is 0 Å². The molecule has 126 valence electrons. The molecule has 2 heterocycles. The highest BCUT2D eigenvalue weighted by atomic mass is 32.2. The smallest absolute Gasteiger partial charge is 0.291 e. The maximum Gasteiger partial charge on any atom is 0.291 e. The van der Waals surface area contributed by atoms with Crippen LogP contribution in [0.4, 0.5) is 5.69 Å². The van der Waals surface area contributed by atoms with Gasteiger partial charge in [-0.15, -0.1) is 0 Å². The van der Waals surface area contributed by atoms with Crippen LogP contribution in [0.5, 0.6) is 0 Å². The average Bonchev–Trinajstić information content (AvgIpc) is 3.30. The van der Waals surface area contributed by atoms with Crippen LogP contribution >= 0.6 is 11.8 Å². The summed E-state index contributed by atoms with van der Waals surface area (Å²) in [7, 11) is 0. The van der Waals surface area contributed by atoms with Crippen LogP contribution in [0.2, 0.25) is 0 Å². The molecule has 4 rings (SSSR count). The third-order valence-corrected chi connectivity index (χ3v) is 5.27. The minimum Gasteiger partial charge on any atom is -0.445 e. The van der Waals surface area contributed by atoms with Gasteiger partial charge in [0.1, 0.15) is 0 Å². The standard InChI is InChI=1S/C20H18N2O2S/c23-20(22-17-5-4-15-2-1-3-16(15)12-17)18-6-7-19(24-18)25-13-14-8-10-21-11-9-14/h4-12H,1-3,13H2,(H,22,23). The Labute approximate surface area is 150 Å². The first-order valence-electron chi connectivity index (χ1n) is 8.32. The number of amides is 1. The van der Waals surface area contributed by atoms with Gasteiger partial charge in [0, 0.05) is 23.8 Å². The van der Waals surface area contributed by atoms with Crippen molar-refractivity contribution in [1.29, 1.82) is 0 Å². The number of anilines is 1. The molecule has 5 heteroatoms. The number of aromatic nitrogens is 1. The van der Waals surface area contributed by atoms with Gasteiger partial charge < -0.3 is 9.73 Å². The lowest BCUT2D eigenvalue weighted by Gasteiger charge is -2.06. The van der Waals surface area contributed by atoms with Crippen molar-refractivity contribution in [2.24, 2.45) is 0 Å². The Bertz CT molecular complexity index is 890. The maximum absolute atomic E-state index is 12.4. The molecule has 0 saturated heterocycles. The van der Waals surface area contributed by atoms with E-state index in [-0.39, 0.29) is 5.91 Å². The van der Waals surface area contributed by atoms with Crippen molar-refractivity contribution >= 4 is 23.4 Å². The van der Waals surface area contributed by atoms with E-state index in [0.29, 0.717) is 5.76 Å². The van der Waals surface area contributed by atoms with Crippen LogP contribution in [0.3, 0.4) is 0 Å². The number of carbonyl (C=O) groups is 1. The van der Waals surface area contributed by atoms with Crippen LogP contribution in [-0.4, -0.2) is 10.9 Å². The number of fused-ring (bicyclic) bond motifs is 1. The molecule has 25 heavy (non-hydrogen) atoms. The van der Waals surface area contributed by atoms with Crippen molar-refractivity contribution in [3.05, 3.63) is 77.3 Å². The van der Waals surface area contributed by atoms with E-state index in [1.165, 1.54) is 23.1 Å². The van der Waals surface area contributed by atoms with Crippen LogP contribution in [0, 0.1) is 0 Å². The van der Waals surface area contributed by atoms with E-state index >= 15 is 0 Å². The van der Waals surface area contributed by atoms with E-state index in [2.05, 4.69) is 22.4 Å². The van der Waals surface area contributed by atoms with E-state index < -0.39 is 0 Å². The van der Waals surface area contributed by atoms with Crippen LogP contribution in [0.25, 0.3) is 0 Å². The van der Waals surface area contributed by atoms with E-state index in [1.54, 1.807) is 30.2 Å². The first kappa shape index (κ1) is 16.0. The predicted molar refractivity (Wildman–Crippen MR) is 98.9 cm³/mol. The predicted octanol–water partition coefficient (Wildman–Crippen LogP) is 4.71. The van der Waals surface area contributed by atoms with Gasteiger partial charge in [-0.3, -0.25) is 9.78 Å². The van der Waals surface area contributed by atoms with Crippen molar-refractivity contribution in [3.63, 3.8) is 0 Å². The summed E-state index contributed by atoms with van der Waals surface area (Å²) in [5, 5.41) is 3.66. The quantitative estimate of drug-likeness (QED) is 0.677. The Kier molecular flexibility index (Phi) is 4.57. The van der Waals surface area contributed by atoms with Gasteiger partial charge in [0.05, 0.1) is 0 Å². The van der Waals surface area contributed by atoms with E-state index in [1.807, 2.05) is 24.3 Å². The van der Waals surface area contributed by atoms with Crippen molar-refractivity contribution in [3.8, 4) is 0 Å². The molecule has 0 aliphatic heterocycles. The van der Waals surface area contributed by atoms with Gasteiger partial charge in [-0.05, 0) is 72.4 Å². The minimum absolute atomic E-state index is 0.214. The summed E-state index contributed by atoms with van der Waals surface area (Å²) in [4.78, 5) is 16.4. The Morgan fingerprint density at radius 1 is 1.08 bits per heavy atom. The molecule has 0 radical (unpaired) electrons. The highest BCUT2D eigenvalue weighted by molar-refractivity contribution is 7.98. The second-order valence-corrected chi connectivity index (χ2v) is 7.03. The molecule has 0 fully saturated rings. The largest absolute Gasteiger partial charge is 0.445 e. The number of furan rings is 1. The van der Waals surface area contributed by atoms with Crippen molar-refractivity contribution in [2.75, 3.05) is 5.32 Å². The van der Waals surface area contributed by atoms with Crippen LogP contribution in [0.15, 0.2) is 64.4 Å². The summed E-state index contributed by atoms with van der Waals surface area (Å²) in [6.45, 7) is 0. The van der Waals surface area contributed by atoms with Crippen molar-refractivity contribution in [2.45, 2.75) is 30.1 Å². The molecule has 2 aromatic heterocycles. The lowest BCUT2D eigenvalue weighted by Crippen LogP contribution is -2.11. The van der Waals surface area contributed by atoms with E-state index in [0.717, 1.165) is 29.4 Å².